The van der Waals surface area contributed by atoms with E-state index in [0.29, 0.717) is 0 Å². The van der Waals surface area contributed by atoms with Gasteiger partial charge >= 0.3 is 0 Å². The third-order valence-corrected chi connectivity index (χ3v) is 5.90. The quantitative estimate of drug-likeness (QED) is 0.637. The van der Waals surface area contributed by atoms with Crippen LogP contribution in [0.25, 0.3) is 0 Å². The Morgan fingerprint density at radius 1 is 0.810 bits per heavy atom. The lowest BCUT2D eigenvalue weighted by atomic mass is 9.66. The number of carbonyl (C=O) groups excluding carboxylic acids is 1. The summed E-state index contributed by atoms with van der Waals surface area (Å²) in [6.45, 7) is 22.8. The molecule has 0 radical (unpaired) electrons. The molecule has 0 atom stereocenters. The first-order valence-electron chi connectivity index (χ1n) is 8.49. The minimum absolute atomic E-state index is 0.0910. The van der Waals surface area contributed by atoms with Crippen molar-refractivity contribution in [1.29, 1.82) is 0 Å². The van der Waals surface area contributed by atoms with Crippen molar-refractivity contribution in [1.82, 2.24) is 5.32 Å². The summed E-state index contributed by atoms with van der Waals surface area (Å²) in [4.78, 5) is 12.6. The Bertz CT molecular complexity index is 351. The topological polar surface area (TPSA) is 29.1 Å². The van der Waals surface area contributed by atoms with Crippen LogP contribution in [-0.4, -0.2) is 12.5 Å². The van der Waals surface area contributed by atoms with Gasteiger partial charge in [-0.2, -0.15) is 0 Å². The Hall–Kier alpha value is -0.530. The van der Waals surface area contributed by atoms with Crippen LogP contribution in [0, 0.1) is 21.7 Å². The average Bonchev–Trinajstić information content (AvgIpc) is 2.34. The van der Waals surface area contributed by atoms with Crippen molar-refractivity contribution in [2.24, 2.45) is 21.7 Å². The summed E-state index contributed by atoms with van der Waals surface area (Å²) in [5.41, 5.74) is 0.200. The molecule has 0 aromatic heterocycles. The summed E-state index contributed by atoms with van der Waals surface area (Å²) in [5.74, 6) is 0.184. The van der Waals surface area contributed by atoms with E-state index in [9.17, 15) is 4.79 Å². The molecule has 0 rings (SSSR count). The van der Waals surface area contributed by atoms with Crippen LogP contribution in [-0.2, 0) is 4.79 Å². The van der Waals surface area contributed by atoms with E-state index in [4.69, 9.17) is 0 Å². The smallest absolute Gasteiger partial charge is 0.225 e. The van der Waals surface area contributed by atoms with Gasteiger partial charge in [-0.1, -0.05) is 82.1 Å². The molecule has 0 saturated heterocycles. The van der Waals surface area contributed by atoms with E-state index >= 15 is 0 Å². The highest BCUT2D eigenvalue weighted by molar-refractivity contribution is 5.81. The molecule has 0 spiro atoms. The normalized spacial score (nSPS) is 14.2. The summed E-state index contributed by atoms with van der Waals surface area (Å²) in [7, 11) is 0. The molecule has 2 nitrogen and oxygen atoms in total. The summed E-state index contributed by atoms with van der Waals surface area (Å²) < 4.78 is 0. The third-order valence-electron chi connectivity index (χ3n) is 5.90. The summed E-state index contributed by atoms with van der Waals surface area (Å²) in [6, 6.07) is 0. The van der Waals surface area contributed by atoms with Crippen molar-refractivity contribution >= 4 is 5.91 Å². The van der Waals surface area contributed by atoms with Crippen LogP contribution in [0.15, 0.2) is 0 Å². The number of nitrogens with one attached hydrogen (secondary N) is 1. The predicted molar refractivity (Wildman–Crippen MR) is 93.3 cm³/mol. The molecule has 0 unspecified atom stereocenters. The van der Waals surface area contributed by atoms with Crippen LogP contribution in [0.5, 0.6) is 0 Å². The first-order chi connectivity index (χ1) is 9.21. The van der Waals surface area contributed by atoms with E-state index in [1.165, 1.54) is 0 Å². The van der Waals surface area contributed by atoms with Crippen molar-refractivity contribution in [3.63, 3.8) is 0 Å². The van der Waals surface area contributed by atoms with Crippen LogP contribution in [0.4, 0.5) is 0 Å². The minimum atomic E-state index is -0.314. The maximum Gasteiger partial charge on any atom is 0.225 e. The Morgan fingerprint density at radius 2 is 1.29 bits per heavy atom. The number of hydrogen-bond donors (Lipinski definition) is 1. The van der Waals surface area contributed by atoms with Crippen LogP contribution in [0.1, 0.15) is 88.5 Å². The summed E-state index contributed by atoms with van der Waals surface area (Å²) in [6.07, 6.45) is 3.13. The maximum absolute atomic E-state index is 12.6. The Morgan fingerprint density at radius 3 is 1.67 bits per heavy atom. The van der Waals surface area contributed by atoms with E-state index < -0.39 is 0 Å². The van der Waals surface area contributed by atoms with Crippen LogP contribution in [0.3, 0.4) is 0 Å². The van der Waals surface area contributed by atoms with Gasteiger partial charge in [0, 0.05) is 12.0 Å². The molecule has 0 aliphatic heterocycles. The molecule has 21 heavy (non-hydrogen) atoms. The average molecular weight is 298 g/mol. The fourth-order valence-corrected chi connectivity index (χ4v) is 2.66. The molecule has 0 aliphatic carbocycles. The van der Waals surface area contributed by atoms with Gasteiger partial charge < -0.3 is 5.32 Å². The largest absolute Gasteiger partial charge is 0.355 e. The zero-order valence-electron chi connectivity index (χ0n) is 16.2. The van der Waals surface area contributed by atoms with Gasteiger partial charge in [0.05, 0.1) is 0 Å². The van der Waals surface area contributed by atoms with Crippen molar-refractivity contribution < 1.29 is 4.79 Å². The molecule has 0 aromatic rings. The van der Waals surface area contributed by atoms with Gasteiger partial charge in [0.2, 0.25) is 5.91 Å². The standard InChI is InChI=1S/C19H39NO/c1-11-16(3,4)13-17(5,6)15(21)20-14-19(9,10)18(7,8)12-2/h11-14H2,1-10H3,(H,20,21). The van der Waals surface area contributed by atoms with E-state index in [-0.39, 0.29) is 27.6 Å². The molecule has 1 amide bonds. The lowest BCUT2D eigenvalue weighted by molar-refractivity contribution is -0.131. The van der Waals surface area contributed by atoms with Crippen LogP contribution < -0.4 is 5.32 Å². The molecule has 0 bridgehead atoms. The van der Waals surface area contributed by atoms with Gasteiger partial charge in [0.25, 0.3) is 0 Å². The number of rotatable bonds is 8. The molecule has 0 fully saturated rings. The van der Waals surface area contributed by atoms with E-state index in [1.807, 2.05) is 0 Å². The lowest BCUT2D eigenvalue weighted by Crippen LogP contribution is -2.47. The van der Waals surface area contributed by atoms with E-state index in [0.717, 1.165) is 25.8 Å². The molecular formula is C19H39NO. The molecule has 126 valence electrons. The third kappa shape index (κ3) is 5.64. The number of hydrogen-bond acceptors (Lipinski definition) is 1. The predicted octanol–water partition coefficient (Wildman–Crippen LogP) is 5.42. The second-order valence-corrected chi connectivity index (χ2v) is 9.38. The second kappa shape index (κ2) is 6.71. The highest BCUT2D eigenvalue weighted by atomic mass is 16.2. The highest BCUT2D eigenvalue weighted by Gasteiger charge is 2.38. The highest BCUT2D eigenvalue weighted by Crippen LogP contribution is 2.41. The summed E-state index contributed by atoms with van der Waals surface area (Å²) in [5, 5.41) is 3.21. The van der Waals surface area contributed by atoms with Crippen LogP contribution >= 0.6 is 0 Å². The number of carbonyl (C=O) groups is 1. The Labute approximate surface area is 133 Å². The first kappa shape index (κ1) is 20.5. The molecule has 2 heteroatoms. The van der Waals surface area contributed by atoms with Crippen molar-refractivity contribution in [2.45, 2.75) is 88.5 Å². The first-order valence-corrected chi connectivity index (χ1v) is 8.49. The second-order valence-electron chi connectivity index (χ2n) is 9.38. The minimum Gasteiger partial charge on any atom is -0.355 e. The summed E-state index contributed by atoms with van der Waals surface area (Å²) >= 11 is 0. The molecule has 1 N–H and O–H groups in total. The zero-order chi connectivity index (χ0) is 17.1. The van der Waals surface area contributed by atoms with Gasteiger partial charge in [-0.05, 0) is 22.7 Å². The van der Waals surface area contributed by atoms with Gasteiger partial charge in [0.15, 0.2) is 0 Å². The SMILES string of the molecule is CCC(C)(C)CC(C)(C)C(=O)NCC(C)(C)C(C)(C)CC. The monoisotopic (exact) mass is 297 g/mol. The molecule has 0 saturated carbocycles. The molecule has 0 aliphatic rings. The van der Waals surface area contributed by atoms with Gasteiger partial charge in [-0.3, -0.25) is 4.79 Å². The fourth-order valence-electron chi connectivity index (χ4n) is 2.66. The van der Waals surface area contributed by atoms with Gasteiger partial charge in [-0.15, -0.1) is 0 Å². The molecular weight excluding hydrogens is 258 g/mol. The van der Waals surface area contributed by atoms with Gasteiger partial charge in [-0.25, -0.2) is 0 Å². The van der Waals surface area contributed by atoms with Crippen molar-refractivity contribution in [2.75, 3.05) is 6.54 Å². The van der Waals surface area contributed by atoms with Crippen LogP contribution in [0.2, 0.25) is 0 Å². The number of amides is 1. The van der Waals surface area contributed by atoms with E-state index in [1.54, 1.807) is 0 Å². The lowest BCUT2D eigenvalue weighted by Gasteiger charge is -2.42. The fraction of sp³-hybridized carbons (Fsp3) is 0.947. The Kier molecular flexibility index (Phi) is 6.54. The van der Waals surface area contributed by atoms with E-state index in [2.05, 4.69) is 74.6 Å². The van der Waals surface area contributed by atoms with Crippen molar-refractivity contribution in [3.05, 3.63) is 0 Å². The van der Waals surface area contributed by atoms with Gasteiger partial charge in [0.1, 0.15) is 0 Å². The zero-order valence-corrected chi connectivity index (χ0v) is 16.2. The molecule has 0 heterocycles. The maximum atomic E-state index is 12.6. The molecule has 0 aromatic carbocycles. The van der Waals surface area contributed by atoms with Crippen molar-refractivity contribution in [3.8, 4) is 0 Å². The Balaban J connectivity index is 4.77.